The van der Waals surface area contributed by atoms with Gasteiger partial charge in [0.25, 0.3) is 5.91 Å². The van der Waals surface area contributed by atoms with Crippen LogP contribution in [-0.2, 0) is 4.79 Å². The Balaban J connectivity index is 1.22. The second-order valence-corrected chi connectivity index (χ2v) is 9.08. The van der Waals surface area contributed by atoms with Crippen molar-refractivity contribution in [2.24, 2.45) is 0 Å². The van der Waals surface area contributed by atoms with Crippen molar-refractivity contribution in [1.29, 1.82) is 0 Å². The van der Waals surface area contributed by atoms with E-state index in [0.29, 0.717) is 13.1 Å². The number of rotatable bonds is 6. The standard InChI is InChI=1S/C21H24ClFN4O3S/c1-13-12-31-20(24-13)27-9-8-26(21(27)29)15-4-2-14(3-5-15)25-19(28)11-30-16-6-7-17(22)18(23)10-16/h6-7,10,12,14-15H,2-5,8-9,11H2,1H3,(H,25,28). The first-order valence-electron chi connectivity index (χ1n) is 10.3. The summed E-state index contributed by atoms with van der Waals surface area (Å²) in [6.45, 7) is 3.09. The van der Waals surface area contributed by atoms with Crippen molar-refractivity contribution in [1.82, 2.24) is 15.2 Å². The zero-order chi connectivity index (χ0) is 22.0. The fraction of sp³-hybridized carbons (Fsp3) is 0.476. The lowest BCUT2D eigenvalue weighted by Crippen LogP contribution is -2.46. The van der Waals surface area contributed by atoms with Gasteiger partial charge in [-0.1, -0.05) is 11.6 Å². The Morgan fingerprint density at radius 2 is 2.10 bits per heavy atom. The summed E-state index contributed by atoms with van der Waals surface area (Å²) in [7, 11) is 0. The largest absolute Gasteiger partial charge is 0.484 e. The van der Waals surface area contributed by atoms with Gasteiger partial charge in [-0.05, 0) is 44.7 Å². The first-order chi connectivity index (χ1) is 14.9. The first kappa shape index (κ1) is 21.8. The molecule has 2 heterocycles. The van der Waals surface area contributed by atoms with Gasteiger partial charge in [0.15, 0.2) is 11.7 Å². The van der Waals surface area contributed by atoms with E-state index in [1.807, 2.05) is 17.2 Å². The first-order valence-corrected chi connectivity index (χ1v) is 11.5. The summed E-state index contributed by atoms with van der Waals surface area (Å²) >= 11 is 7.13. The van der Waals surface area contributed by atoms with Crippen LogP contribution in [0.5, 0.6) is 5.75 Å². The zero-order valence-corrected chi connectivity index (χ0v) is 18.7. The van der Waals surface area contributed by atoms with Crippen LogP contribution in [0.2, 0.25) is 5.02 Å². The number of ether oxygens (including phenoxy) is 1. The molecule has 166 valence electrons. The Bertz CT molecular complexity index is 964. The number of hydrogen-bond donors (Lipinski definition) is 1. The molecule has 1 saturated heterocycles. The summed E-state index contributed by atoms with van der Waals surface area (Å²) in [5.74, 6) is -0.576. The van der Waals surface area contributed by atoms with Crippen LogP contribution in [-0.4, -0.2) is 53.6 Å². The maximum Gasteiger partial charge on any atom is 0.326 e. The molecule has 1 aromatic heterocycles. The van der Waals surface area contributed by atoms with Crippen LogP contribution in [0.25, 0.3) is 0 Å². The molecule has 7 nitrogen and oxygen atoms in total. The van der Waals surface area contributed by atoms with Crippen LogP contribution in [0.4, 0.5) is 14.3 Å². The lowest BCUT2D eigenvalue weighted by atomic mass is 9.90. The summed E-state index contributed by atoms with van der Waals surface area (Å²) in [6.07, 6.45) is 3.27. The van der Waals surface area contributed by atoms with E-state index in [1.165, 1.54) is 23.5 Å². The van der Waals surface area contributed by atoms with Crippen LogP contribution >= 0.6 is 22.9 Å². The van der Waals surface area contributed by atoms with Gasteiger partial charge < -0.3 is 15.0 Å². The number of benzene rings is 1. The molecule has 1 saturated carbocycles. The Hall–Kier alpha value is -2.39. The summed E-state index contributed by atoms with van der Waals surface area (Å²) in [4.78, 5) is 33.1. The van der Waals surface area contributed by atoms with E-state index >= 15 is 0 Å². The number of nitrogens with one attached hydrogen (secondary N) is 1. The van der Waals surface area contributed by atoms with Crippen molar-refractivity contribution in [3.63, 3.8) is 0 Å². The van der Waals surface area contributed by atoms with Gasteiger partial charge >= 0.3 is 6.03 Å². The molecular weight excluding hydrogens is 443 g/mol. The topological polar surface area (TPSA) is 74.8 Å². The molecule has 0 atom stereocenters. The van der Waals surface area contributed by atoms with Gasteiger partial charge in [-0.2, -0.15) is 0 Å². The fourth-order valence-corrected chi connectivity index (χ4v) is 4.99. The molecule has 2 aromatic rings. The van der Waals surface area contributed by atoms with Crippen LogP contribution in [0.15, 0.2) is 23.6 Å². The van der Waals surface area contributed by atoms with Crippen LogP contribution in [0, 0.1) is 12.7 Å². The second-order valence-electron chi connectivity index (χ2n) is 7.84. The SMILES string of the molecule is Cc1csc(N2CCN(C3CCC(NC(=O)COc4ccc(Cl)c(F)c4)CC3)C2=O)n1. The third-order valence-corrected chi connectivity index (χ3v) is 6.93. The highest BCUT2D eigenvalue weighted by molar-refractivity contribution is 7.14. The van der Waals surface area contributed by atoms with Crippen molar-refractivity contribution >= 4 is 40.0 Å². The van der Waals surface area contributed by atoms with Crippen molar-refractivity contribution < 1.29 is 18.7 Å². The predicted molar refractivity (Wildman–Crippen MR) is 117 cm³/mol. The van der Waals surface area contributed by atoms with E-state index in [2.05, 4.69) is 10.3 Å². The van der Waals surface area contributed by atoms with E-state index in [1.54, 1.807) is 4.90 Å². The number of hydrogen-bond acceptors (Lipinski definition) is 5. The normalized spacial score (nSPS) is 21.5. The molecule has 0 spiro atoms. The molecule has 31 heavy (non-hydrogen) atoms. The number of thiazole rings is 1. The van der Waals surface area contributed by atoms with Crippen LogP contribution < -0.4 is 15.0 Å². The Morgan fingerprint density at radius 1 is 1.32 bits per heavy atom. The molecule has 1 aliphatic carbocycles. The lowest BCUT2D eigenvalue weighted by Gasteiger charge is -2.34. The van der Waals surface area contributed by atoms with Gasteiger partial charge in [-0.3, -0.25) is 9.69 Å². The van der Waals surface area contributed by atoms with Gasteiger partial charge in [-0.25, -0.2) is 14.2 Å². The van der Waals surface area contributed by atoms with Crippen LogP contribution in [0.3, 0.4) is 0 Å². The number of amides is 3. The number of carbonyl (C=O) groups is 2. The molecule has 2 aliphatic rings. The van der Waals surface area contributed by atoms with Crippen LogP contribution in [0.1, 0.15) is 31.4 Å². The minimum atomic E-state index is -0.585. The van der Waals surface area contributed by atoms with Gasteiger partial charge in [0, 0.05) is 36.6 Å². The summed E-state index contributed by atoms with van der Waals surface area (Å²) in [5, 5.41) is 5.68. The molecular formula is C21H24ClFN4O3S. The maximum absolute atomic E-state index is 13.4. The van der Waals surface area contributed by atoms with Gasteiger partial charge in [0.05, 0.1) is 10.7 Å². The number of aryl methyl sites for hydroxylation is 1. The molecule has 0 radical (unpaired) electrons. The average molecular weight is 467 g/mol. The molecule has 3 amide bonds. The highest BCUT2D eigenvalue weighted by atomic mass is 35.5. The van der Waals surface area contributed by atoms with Crippen molar-refractivity contribution in [2.75, 3.05) is 24.6 Å². The molecule has 1 aliphatic heterocycles. The smallest absolute Gasteiger partial charge is 0.326 e. The summed E-state index contributed by atoms with van der Waals surface area (Å²) in [5.41, 5.74) is 0.924. The van der Waals surface area contributed by atoms with E-state index in [9.17, 15) is 14.0 Å². The minimum Gasteiger partial charge on any atom is -0.484 e. The Labute approximate surface area is 189 Å². The number of aromatic nitrogens is 1. The molecule has 10 heteroatoms. The summed E-state index contributed by atoms with van der Waals surface area (Å²) < 4.78 is 18.8. The van der Waals surface area contributed by atoms with E-state index in [-0.39, 0.29) is 41.4 Å². The third kappa shape index (κ3) is 5.10. The number of anilines is 1. The van der Waals surface area contributed by atoms with Crippen molar-refractivity contribution in [3.8, 4) is 5.75 Å². The Morgan fingerprint density at radius 3 is 2.77 bits per heavy atom. The van der Waals surface area contributed by atoms with E-state index < -0.39 is 5.82 Å². The Kier molecular flexibility index (Phi) is 6.62. The molecule has 4 rings (SSSR count). The van der Waals surface area contributed by atoms with Crippen molar-refractivity contribution in [3.05, 3.63) is 40.1 Å². The molecule has 0 bridgehead atoms. The number of nitrogens with zero attached hydrogens (tertiary/aromatic N) is 3. The number of carbonyl (C=O) groups excluding carboxylic acids is 2. The predicted octanol–water partition coefficient (Wildman–Crippen LogP) is 3.99. The van der Waals surface area contributed by atoms with Gasteiger partial charge in [0.1, 0.15) is 11.6 Å². The van der Waals surface area contributed by atoms with Gasteiger partial charge in [0.2, 0.25) is 0 Å². The number of urea groups is 1. The average Bonchev–Trinajstić information content (AvgIpc) is 3.35. The van der Waals surface area contributed by atoms with Gasteiger partial charge in [-0.15, -0.1) is 11.3 Å². The number of halogens is 2. The van der Waals surface area contributed by atoms with E-state index in [4.69, 9.17) is 16.3 Å². The zero-order valence-electron chi connectivity index (χ0n) is 17.1. The molecule has 0 unspecified atom stereocenters. The van der Waals surface area contributed by atoms with E-state index in [0.717, 1.165) is 42.6 Å². The quantitative estimate of drug-likeness (QED) is 0.698. The molecule has 2 fully saturated rings. The minimum absolute atomic E-state index is 0.00920. The van der Waals surface area contributed by atoms with Crippen molar-refractivity contribution in [2.45, 2.75) is 44.7 Å². The monoisotopic (exact) mass is 466 g/mol. The third-order valence-electron chi connectivity index (χ3n) is 5.64. The molecule has 1 N–H and O–H groups in total. The molecule has 1 aromatic carbocycles. The second kappa shape index (κ2) is 9.40. The lowest BCUT2D eigenvalue weighted by molar-refractivity contribution is -0.124. The highest BCUT2D eigenvalue weighted by Gasteiger charge is 2.37. The highest BCUT2D eigenvalue weighted by Crippen LogP contribution is 2.30. The fourth-order valence-electron chi connectivity index (χ4n) is 4.05. The maximum atomic E-state index is 13.4. The summed E-state index contributed by atoms with van der Waals surface area (Å²) in [6, 6.07) is 4.31.